The van der Waals surface area contributed by atoms with Crippen LogP contribution in [-0.2, 0) is 56.0 Å². The third-order valence-electron chi connectivity index (χ3n) is 22.0. The van der Waals surface area contributed by atoms with Gasteiger partial charge in [-0.15, -0.1) is 0 Å². The summed E-state index contributed by atoms with van der Waals surface area (Å²) in [4.78, 5) is 42.3. The summed E-state index contributed by atoms with van der Waals surface area (Å²) in [5.74, 6) is -0.234. The maximum Gasteiger partial charge on any atom is 0.338 e. The van der Waals surface area contributed by atoms with Crippen LogP contribution < -0.4 is 0 Å². The van der Waals surface area contributed by atoms with Crippen LogP contribution in [0.15, 0.2) is 54.6 Å². The molecule has 19 atom stereocenters. The second kappa shape index (κ2) is 28.7. The monoisotopic (exact) mass is 1360 g/mol. The minimum absolute atomic E-state index is 0.0400. The van der Waals surface area contributed by atoms with Gasteiger partial charge in [0, 0.05) is 37.0 Å². The second-order valence-electron chi connectivity index (χ2n) is 31.7. The Morgan fingerprint density at radius 2 is 1.30 bits per heavy atom. The highest BCUT2D eigenvalue weighted by Crippen LogP contribution is 2.50. The largest absolute Gasteiger partial charge is 0.458 e. The normalized spacial score (nSPS) is 36.5. The van der Waals surface area contributed by atoms with E-state index in [1.165, 1.54) is 6.92 Å². The number of halogens is 1. The van der Waals surface area contributed by atoms with Crippen LogP contribution in [0.3, 0.4) is 0 Å². The molecule has 8 heterocycles. The fourth-order valence-electron chi connectivity index (χ4n) is 13.2. The van der Waals surface area contributed by atoms with E-state index in [0.717, 1.165) is 35.7 Å². The molecule has 8 aliphatic heterocycles. The minimum atomic E-state index is -2.64. The van der Waals surface area contributed by atoms with E-state index < -0.39 is 85.4 Å². The van der Waals surface area contributed by atoms with Crippen molar-refractivity contribution in [1.29, 1.82) is 0 Å². The fourth-order valence-corrected chi connectivity index (χ4v) is 18.0. The Labute approximate surface area is 536 Å². The number of esters is 2. The van der Waals surface area contributed by atoms with Crippen molar-refractivity contribution in [2.24, 2.45) is 23.7 Å². The SMILES string of the molecule is C=C1[C@H](C)C[C@H]2CC[C@@H]3O[C@@H](CCC(OC(=O)c4ccccc4)/C=C/[C@H](O[Si](C)(C)C(C)(C)C)[C@@H]4O[C@H]5CCC(CC(=O)C[C@@H]6[C@@H](C)[C@@H](C[C@H](C)CC)O[C@H]6C[C@H]1OC(C)=O)O[C@@H]5[C@H](O[Si](C)(C)C(C)(C)C)[C@@H]4O[Si](C)(C)C(C)(C)C)C[C@]3(CI)O2. The van der Waals surface area contributed by atoms with Crippen LogP contribution in [0, 0.1) is 23.7 Å². The minimum Gasteiger partial charge on any atom is -0.458 e. The van der Waals surface area contributed by atoms with E-state index in [0.29, 0.717) is 62.8 Å². The Bertz CT molecular complexity index is 2470. The number of fused-ring (bicyclic) bond motifs is 2. The quantitative estimate of drug-likeness (QED) is 0.0608. The van der Waals surface area contributed by atoms with Crippen LogP contribution >= 0.6 is 22.6 Å². The van der Waals surface area contributed by atoms with Crippen molar-refractivity contribution < 1.29 is 60.8 Å². The van der Waals surface area contributed by atoms with Gasteiger partial charge in [-0.25, -0.2) is 4.79 Å². The third-order valence-corrected chi connectivity index (χ3v) is 36.7. The molecule has 8 aliphatic rings. The number of hydrogen-bond acceptors (Lipinski definition) is 13. The van der Waals surface area contributed by atoms with Gasteiger partial charge in [0.05, 0.1) is 54.4 Å². The fraction of sp³-hybridized carbons (Fsp3) is 0.812. The first-order valence-electron chi connectivity index (χ1n) is 33.1. The number of rotatable bonds is 13. The number of ketones is 1. The number of benzene rings is 1. The van der Waals surface area contributed by atoms with E-state index in [2.05, 4.69) is 165 Å². The molecule has 0 radical (unpaired) electrons. The molecule has 13 nitrogen and oxygen atoms in total. The molecule has 1 aromatic rings. The topological polar surface area (TPSA) is 144 Å². The summed E-state index contributed by atoms with van der Waals surface area (Å²) < 4.78 is 73.3. The number of ether oxygens (including phenoxy) is 7. The van der Waals surface area contributed by atoms with Crippen LogP contribution in [0.2, 0.25) is 54.4 Å². The van der Waals surface area contributed by atoms with E-state index in [1.807, 2.05) is 24.3 Å². The summed E-state index contributed by atoms with van der Waals surface area (Å²) in [6.45, 7) is 49.2. The van der Waals surface area contributed by atoms with Crippen molar-refractivity contribution in [2.45, 2.75) is 326 Å². The van der Waals surface area contributed by atoms with Crippen LogP contribution in [0.5, 0.6) is 0 Å². The predicted octanol–water partition coefficient (Wildman–Crippen LogP) is 16.3. The van der Waals surface area contributed by atoms with Gasteiger partial charge in [-0.1, -0.05) is 150 Å². The van der Waals surface area contributed by atoms with Crippen LogP contribution in [0.4, 0.5) is 0 Å². The first-order valence-corrected chi connectivity index (χ1v) is 43.3. The molecule has 0 N–H and O–H groups in total. The maximum atomic E-state index is 15.0. The number of Topliss-reactive ketones (excluding diaryl/α,β-unsaturated/α-hetero) is 1. The molecule has 488 valence electrons. The summed E-state index contributed by atoms with van der Waals surface area (Å²) in [5.41, 5.74) is 0.822. The average molecular weight is 1360 g/mol. The Morgan fingerprint density at radius 3 is 1.90 bits per heavy atom. The molecule has 5 saturated heterocycles. The molecular formula is C69H115IO13Si3. The number of carbonyl (C=O) groups excluding carboxylic acids is 3. The Kier molecular flexibility index (Phi) is 24.0. The lowest BCUT2D eigenvalue weighted by Crippen LogP contribution is -2.69. The highest BCUT2D eigenvalue weighted by Gasteiger charge is 2.59. The van der Waals surface area contributed by atoms with Gasteiger partial charge in [0.25, 0.3) is 0 Å². The first-order chi connectivity index (χ1) is 39.9. The molecule has 7 bridgehead atoms. The van der Waals surface area contributed by atoms with Gasteiger partial charge in [0.15, 0.2) is 25.0 Å². The van der Waals surface area contributed by atoms with Gasteiger partial charge in [-0.05, 0) is 153 Å². The van der Waals surface area contributed by atoms with Gasteiger partial charge in [-0.2, -0.15) is 0 Å². The lowest BCUT2D eigenvalue weighted by atomic mass is 9.79. The van der Waals surface area contributed by atoms with Crippen molar-refractivity contribution in [1.82, 2.24) is 0 Å². The highest BCUT2D eigenvalue weighted by atomic mass is 127. The summed E-state index contributed by atoms with van der Waals surface area (Å²) in [7, 11) is -7.84. The first kappa shape index (κ1) is 71.8. The van der Waals surface area contributed by atoms with Crippen molar-refractivity contribution in [3.05, 3.63) is 60.2 Å². The van der Waals surface area contributed by atoms with E-state index in [4.69, 9.17) is 46.4 Å². The Morgan fingerprint density at radius 1 is 0.709 bits per heavy atom. The molecule has 2 unspecified atom stereocenters. The van der Waals surface area contributed by atoms with Crippen molar-refractivity contribution in [2.75, 3.05) is 4.43 Å². The molecule has 0 amide bonds. The molecular weight excluding hydrogens is 1250 g/mol. The smallest absolute Gasteiger partial charge is 0.338 e. The zero-order valence-corrected chi connectivity index (χ0v) is 61.9. The Hall–Kier alpha value is -1.63. The molecule has 9 rings (SSSR count). The zero-order valence-electron chi connectivity index (χ0n) is 56.7. The molecule has 17 heteroatoms. The maximum absolute atomic E-state index is 15.0. The second-order valence-corrected chi connectivity index (χ2v) is 46.7. The van der Waals surface area contributed by atoms with Crippen LogP contribution in [-0.4, -0.2) is 138 Å². The highest BCUT2D eigenvalue weighted by molar-refractivity contribution is 14.1. The Balaban J connectivity index is 1.36. The van der Waals surface area contributed by atoms with Crippen molar-refractivity contribution >= 4 is 65.3 Å². The number of carbonyl (C=O) groups is 3. The molecule has 0 aromatic heterocycles. The molecule has 1 aromatic carbocycles. The summed E-state index contributed by atoms with van der Waals surface area (Å²) in [6.07, 6.45) is 6.86. The summed E-state index contributed by atoms with van der Waals surface area (Å²) >= 11 is 2.47. The van der Waals surface area contributed by atoms with Gasteiger partial charge in [0.1, 0.15) is 48.0 Å². The van der Waals surface area contributed by atoms with Crippen LogP contribution in [0.25, 0.3) is 0 Å². The van der Waals surface area contributed by atoms with Crippen molar-refractivity contribution in [3.63, 3.8) is 0 Å². The van der Waals surface area contributed by atoms with Gasteiger partial charge >= 0.3 is 11.9 Å². The number of hydrogen-bond donors (Lipinski definition) is 0. The third kappa shape index (κ3) is 17.3. The lowest BCUT2D eigenvalue weighted by Gasteiger charge is -2.56. The predicted molar refractivity (Wildman–Crippen MR) is 359 cm³/mol. The summed E-state index contributed by atoms with van der Waals surface area (Å²) in [5, 5.41) is -0.525. The standard InChI is InChI=1S/C69H115IO13Si3/c1-22-43(2)36-57-46(5)54-39-49(72)38-51-31-33-55-61(76-51)63(82-85(18,19)67(10,11)12)64(83-86(20,21)68(13,14)15)62(79-55)56(81-84(16,17)66(7,8)9)34-30-50(77-65(73)48-26-24-23-25-27-48)28-29-53-41-69(42-70)60(75-53)35-32-52(80-69)37-44(3)45(4)58(74-47(6)71)40-59(54)78-57/h23-27,30,34,43-44,46,50-64H,4,22,28-29,31-33,35-42H2,1-3,5-21H3/b34-30+/t43-,44-,46-,50?,51?,52-,53+,54-,55+,56+,57-,58-,59+,60+,61+,62+,63+,64-,69-/m1/s1. The van der Waals surface area contributed by atoms with Crippen LogP contribution in [0.1, 0.15) is 191 Å². The molecule has 86 heavy (non-hydrogen) atoms. The van der Waals surface area contributed by atoms with Gasteiger partial charge in [0.2, 0.25) is 0 Å². The summed E-state index contributed by atoms with van der Waals surface area (Å²) in [6, 6.07) is 9.21. The van der Waals surface area contributed by atoms with Gasteiger partial charge in [-0.3, -0.25) is 9.59 Å². The van der Waals surface area contributed by atoms with Crippen molar-refractivity contribution in [3.8, 4) is 0 Å². The molecule has 5 fully saturated rings. The average Bonchev–Trinajstić information content (AvgIpc) is 0.909. The molecule has 0 spiro atoms. The zero-order chi connectivity index (χ0) is 63.7. The van der Waals surface area contributed by atoms with E-state index in [1.54, 1.807) is 12.1 Å². The van der Waals surface area contributed by atoms with E-state index in [-0.39, 0.29) is 87.7 Å². The molecule has 0 saturated carbocycles. The lowest BCUT2D eigenvalue weighted by molar-refractivity contribution is -0.266. The molecule has 0 aliphatic carbocycles. The number of alkyl halides is 1. The van der Waals surface area contributed by atoms with E-state index >= 15 is 4.79 Å². The van der Waals surface area contributed by atoms with E-state index in [9.17, 15) is 9.59 Å². The van der Waals surface area contributed by atoms with Gasteiger partial charge < -0.3 is 46.4 Å².